The Bertz CT molecular complexity index is 1170. The monoisotopic (exact) mass is 563 g/mol. The quantitative estimate of drug-likeness (QED) is 0.289. The van der Waals surface area contributed by atoms with Crippen LogP contribution in [0.3, 0.4) is 0 Å². The number of fused-ring (bicyclic) bond motifs is 5. The zero-order chi connectivity index (χ0) is 27.5. The minimum absolute atomic E-state index is 0.319. The smallest absolute Gasteiger partial charge is 0.335 e. The molecule has 216 valence electrons. The molecular formula is C33H45N3O3S. The number of allylic oxidation sites excluding steroid dienone is 2. The van der Waals surface area contributed by atoms with Gasteiger partial charge < -0.3 is 24.5 Å². The van der Waals surface area contributed by atoms with Gasteiger partial charge in [0.2, 0.25) is 0 Å². The highest BCUT2D eigenvalue weighted by Gasteiger charge is 2.43. The topological polar surface area (TPSA) is 56.2 Å². The van der Waals surface area contributed by atoms with Crippen molar-refractivity contribution in [2.75, 3.05) is 63.0 Å². The third kappa shape index (κ3) is 5.75. The van der Waals surface area contributed by atoms with Crippen LogP contribution in [0, 0.1) is 17.8 Å². The van der Waals surface area contributed by atoms with E-state index in [0.717, 1.165) is 51.7 Å². The van der Waals surface area contributed by atoms with Gasteiger partial charge in [-0.05, 0) is 74.5 Å². The number of thioether (sulfide) groups is 1. The lowest BCUT2D eigenvalue weighted by Gasteiger charge is -2.35. The van der Waals surface area contributed by atoms with Crippen molar-refractivity contribution in [3.05, 3.63) is 58.8 Å². The van der Waals surface area contributed by atoms with Crippen LogP contribution in [0.4, 0.5) is 5.69 Å². The number of aliphatic carboxylic acids is 1. The number of hydrogen-bond acceptors (Lipinski definition) is 6. The Morgan fingerprint density at radius 3 is 2.73 bits per heavy atom. The predicted molar refractivity (Wildman–Crippen MR) is 164 cm³/mol. The van der Waals surface area contributed by atoms with E-state index in [9.17, 15) is 9.90 Å². The Labute approximate surface area is 244 Å². The molecule has 2 aliphatic carbocycles. The number of likely N-dealkylation sites (tertiary alicyclic amines) is 1. The van der Waals surface area contributed by atoms with Gasteiger partial charge in [0.05, 0.1) is 23.8 Å². The van der Waals surface area contributed by atoms with Crippen LogP contribution in [-0.2, 0) is 9.53 Å². The summed E-state index contributed by atoms with van der Waals surface area (Å²) in [6.07, 6.45) is 15.8. The molecule has 0 aromatic heterocycles. The van der Waals surface area contributed by atoms with Gasteiger partial charge >= 0.3 is 5.97 Å². The molecule has 7 heteroatoms. The highest BCUT2D eigenvalue weighted by atomic mass is 32.2. The number of carboxylic acids is 1. The van der Waals surface area contributed by atoms with Gasteiger partial charge in [-0.25, -0.2) is 4.79 Å². The summed E-state index contributed by atoms with van der Waals surface area (Å²) in [6, 6.07) is 9.01. The molecule has 0 amide bonds. The molecule has 1 aromatic rings. The summed E-state index contributed by atoms with van der Waals surface area (Å²) in [5.74, 6) is 1.53. The van der Waals surface area contributed by atoms with E-state index in [1.807, 2.05) is 12.2 Å². The van der Waals surface area contributed by atoms with Crippen LogP contribution in [0.15, 0.2) is 53.3 Å². The first kappa shape index (κ1) is 27.9. The zero-order valence-electron chi connectivity index (χ0n) is 24.0. The van der Waals surface area contributed by atoms with Crippen molar-refractivity contribution in [3.63, 3.8) is 0 Å². The van der Waals surface area contributed by atoms with Gasteiger partial charge in [-0.3, -0.25) is 0 Å². The van der Waals surface area contributed by atoms with Gasteiger partial charge in [0.25, 0.3) is 0 Å². The van der Waals surface area contributed by atoms with E-state index in [4.69, 9.17) is 4.74 Å². The summed E-state index contributed by atoms with van der Waals surface area (Å²) >= 11 is 1.75. The fourth-order valence-corrected chi connectivity index (χ4v) is 8.11. The number of nitrogens with zero attached hydrogens (tertiary/aromatic N) is 3. The van der Waals surface area contributed by atoms with Crippen LogP contribution in [0.25, 0.3) is 5.70 Å². The first-order valence-corrected chi connectivity index (χ1v) is 16.8. The summed E-state index contributed by atoms with van der Waals surface area (Å²) in [5.41, 5.74) is 7.34. The Balaban J connectivity index is 1.27. The van der Waals surface area contributed by atoms with Gasteiger partial charge in [0.15, 0.2) is 0 Å². The Morgan fingerprint density at radius 1 is 1.05 bits per heavy atom. The zero-order valence-corrected chi connectivity index (χ0v) is 24.8. The Hall–Kier alpha value is -2.22. The molecule has 6 rings (SSSR count). The molecule has 0 spiro atoms. The number of rotatable bonds is 9. The molecule has 1 saturated carbocycles. The summed E-state index contributed by atoms with van der Waals surface area (Å²) in [6.45, 7) is 7.11. The fraction of sp³-hybridized carbons (Fsp3) is 0.606. The average Bonchev–Trinajstić information content (AvgIpc) is 3.22. The van der Waals surface area contributed by atoms with E-state index in [-0.39, 0.29) is 0 Å². The Kier molecular flexibility index (Phi) is 8.90. The van der Waals surface area contributed by atoms with Crippen LogP contribution < -0.4 is 4.90 Å². The SMILES string of the molecule is CSCOCC1CCCN(CCN2CCN3C4=CC(C(=O)O)=CCC4C(C4CCCCC4)=C3c3ccccc32)C1. The van der Waals surface area contributed by atoms with Crippen molar-refractivity contribution >= 4 is 29.1 Å². The average molecular weight is 564 g/mol. The molecule has 2 unspecified atom stereocenters. The number of para-hydroxylation sites is 1. The molecule has 0 bridgehead atoms. The van der Waals surface area contributed by atoms with Gasteiger partial charge in [-0.2, -0.15) is 0 Å². The molecule has 40 heavy (non-hydrogen) atoms. The predicted octanol–water partition coefficient (Wildman–Crippen LogP) is 6.08. The van der Waals surface area contributed by atoms with Crippen molar-refractivity contribution in [2.24, 2.45) is 17.8 Å². The second-order valence-corrected chi connectivity index (χ2v) is 13.0. The number of hydrogen-bond donors (Lipinski definition) is 1. The second-order valence-electron chi connectivity index (χ2n) is 12.2. The number of piperidine rings is 1. The van der Waals surface area contributed by atoms with Crippen LogP contribution in [-0.4, -0.2) is 78.9 Å². The van der Waals surface area contributed by atoms with Gasteiger partial charge in [-0.15, -0.1) is 11.8 Å². The third-order valence-electron chi connectivity index (χ3n) is 9.69. The van der Waals surface area contributed by atoms with E-state index in [1.165, 1.54) is 74.1 Å². The third-order valence-corrected chi connectivity index (χ3v) is 10.1. The second kappa shape index (κ2) is 12.7. The number of benzene rings is 1. The number of anilines is 1. The summed E-state index contributed by atoms with van der Waals surface area (Å²) in [7, 11) is 0. The van der Waals surface area contributed by atoms with E-state index in [2.05, 4.69) is 45.2 Å². The van der Waals surface area contributed by atoms with E-state index in [1.54, 1.807) is 17.3 Å². The van der Waals surface area contributed by atoms with Crippen molar-refractivity contribution in [2.45, 2.75) is 51.4 Å². The molecule has 1 saturated heterocycles. The van der Waals surface area contributed by atoms with Gasteiger partial charge in [0.1, 0.15) is 0 Å². The number of carboxylic acid groups (broad SMARTS) is 1. The minimum Gasteiger partial charge on any atom is -0.478 e. The standard InChI is InChI=1S/C33H45N3O3S/c1-40-23-39-22-24-8-7-15-34(21-24)16-17-35-18-19-36-30-20-26(33(37)38)13-14-27(30)31(25-9-3-2-4-10-25)32(36)28-11-5-6-12-29(28)35/h5-6,11-13,20,24-25,27H,2-4,7-10,14-19,21-23H2,1H3,(H,37,38). The van der Waals surface area contributed by atoms with Crippen molar-refractivity contribution in [1.29, 1.82) is 0 Å². The minimum atomic E-state index is -0.811. The summed E-state index contributed by atoms with van der Waals surface area (Å²) < 4.78 is 5.87. The molecule has 2 atom stereocenters. The number of carbonyl (C=O) groups is 1. The molecule has 1 N–H and O–H groups in total. The van der Waals surface area contributed by atoms with Gasteiger partial charge in [-0.1, -0.05) is 43.5 Å². The summed E-state index contributed by atoms with van der Waals surface area (Å²) in [5, 5.41) is 9.83. The van der Waals surface area contributed by atoms with Crippen molar-refractivity contribution < 1.29 is 14.6 Å². The summed E-state index contributed by atoms with van der Waals surface area (Å²) in [4.78, 5) is 19.7. The molecule has 6 nitrogen and oxygen atoms in total. The lowest BCUT2D eigenvalue weighted by molar-refractivity contribution is -0.132. The highest BCUT2D eigenvalue weighted by Crippen LogP contribution is 2.53. The number of ether oxygens (including phenoxy) is 1. The van der Waals surface area contributed by atoms with Crippen LogP contribution >= 0.6 is 11.8 Å². The molecule has 0 radical (unpaired) electrons. The first-order chi connectivity index (χ1) is 19.6. The molecule has 2 fully saturated rings. The Morgan fingerprint density at radius 2 is 1.90 bits per heavy atom. The molecular weight excluding hydrogens is 518 g/mol. The maximum absolute atomic E-state index is 12.0. The fourth-order valence-electron chi connectivity index (χ4n) is 7.84. The maximum atomic E-state index is 12.0. The largest absolute Gasteiger partial charge is 0.478 e. The van der Waals surface area contributed by atoms with Gasteiger partial charge in [0, 0.05) is 55.6 Å². The lowest BCUT2D eigenvalue weighted by atomic mass is 9.75. The molecule has 5 aliphatic rings. The van der Waals surface area contributed by atoms with E-state index >= 15 is 0 Å². The lowest BCUT2D eigenvalue weighted by Crippen LogP contribution is -2.42. The van der Waals surface area contributed by atoms with Crippen molar-refractivity contribution in [1.82, 2.24) is 9.80 Å². The van der Waals surface area contributed by atoms with Crippen LogP contribution in [0.2, 0.25) is 0 Å². The normalized spacial score (nSPS) is 25.6. The highest BCUT2D eigenvalue weighted by molar-refractivity contribution is 7.98. The molecule has 3 heterocycles. The van der Waals surface area contributed by atoms with Crippen molar-refractivity contribution in [3.8, 4) is 0 Å². The molecule has 1 aromatic carbocycles. The van der Waals surface area contributed by atoms with E-state index in [0.29, 0.717) is 23.3 Å². The maximum Gasteiger partial charge on any atom is 0.335 e. The molecule has 3 aliphatic heterocycles. The first-order valence-electron chi connectivity index (χ1n) is 15.4. The van der Waals surface area contributed by atoms with Crippen LogP contribution in [0.1, 0.15) is 56.9 Å². The van der Waals surface area contributed by atoms with Crippen LogP contribution in [0.5, 0.6) is 0 Å². The van der Waals surface area contributed by atoms with E-state index < -0.39 is 5.97 Å².